The molecule has 6 nitrogen and oxygen atoms in total. The molecular formula is C12H12N6S. The van der Waals surface area contributed by atoms with E-state index in [9.17, 15) is 0 Å². The topological polar surface area (TPSA) is 89.6 Å². The lowest BCUT2D eigenvalue weighted by molar-refractivity contribution is 1.09. The van der Waals surface area contributed by atoms with Crippen LogP contribution in [0.15, 0.2) is 24.5 Å². The highest BCUT2D eigenvalue weighted by Crippen LogP contribution is 2.30. The summed E-state index contributed by atoms with van der Waals surface area (Å²) in [5.74, 6) is 7.11. The maximum Gasteiger partial charge on any atom is 0.201 e. The molecule has 0 saturated carbocycles. The number of fused-ring (bicyclic) bond motifs is 1. The first-order valence-corrected chi connectivity index (χ1v) is 6.68. The molecule has 0 amide bonds. The molecule has 0 saturated heterocycles. The summed E-state index contributed by atoms with van der Waals surface area (Å²) in [4.78, 5) is 19.3. The van der Waals surface area contributed by atoms with Crippen LogP contribution >= 0.6 is 11.3 Å². The van der Waals surface area contributed by atoms with Crippen molar-refractivity contribution < 1.29 is 0 Å². The number of nitrogens with one attached hydrogen (secondary N) is 1. The highest BCUT2D eigenvalue weighted by atomic mass is 32.1. The highest BCUT2D eigenvalue weighted by Gasteiger charge is 2.13. The van der Waals surface area contributed by atoms with Crippen LogP contribution in [-0.4, -0.2) is 19.9 Å². The monoisotopic (exact) mass is 272 g/mol. The molecule has 0 aliphatic carbocycles. The predicted octanol–water partition coefficient (Wildman–Crippen LogP) is 2.00. The minimum atomic E-state index is 0.477. The molecule has 3 N–H and O–H groups in total. The third kappa shape index (κ3) is 2.13. The molecule has 0 aromatic carbocycles. The number of thiophene rings is 1. The molecule has 0 fully saturated rings. The summed E-state index contributed by atoms with van der Waals surface area (Å²) in [6.07, 6.45) is 4.29. The molecule has 0 aliphatic heterocycles. The predicted molar refractivity (Wildman–Crippen MR) is 75.6 cm³/mol. The zero-order valence-electron chi connectivity index (χ0n) is 10.3. The summed E-state index contributed by atoms with van der Waals surface area (Å²) < 4.78 is 0. The van der Waals surface area contributed by atoms with Gasteiger partial charge in [-0.2, -0.15) is 0 Å². The van der Waals surface area contributed by atoms with E-state index in [1.807, 2.05) is 0 Å². The van der Waals surface area contributed by atoms with Gasteiger partial charge in [0, 0.05) is 17.3 Å². The SMILES string of the molecule is CCc1cc2c(NN)nc(-c3ncccn3)nc2s1. The van der Waals surface area contributed by atoms with Crippen molar-refractivity contribution >= 4 is 27.4 Å². The minimum Gasteiger partial charge on any atom is -0.308 e. The van der Waals surface area contributed by atoms with Gasteiger partial charge < -0.3 is 5.43 Å². The number of nitrogens with zero attached hydrogens (tertiary/aromatic N) is 4. The molecule has 3 aromatic heterocycles. The first kappa shape index (κ1) is 11.9. The van der Waals surface area contributed by atoms with Crippen molar-refractivity contribution in [2.45, 2.75) is 13.3 Å². The van der Waals surface area contributed by atoms with Gasteiger partial charge in [-0.15, -0.1) is 11.3 Å². The molecule has 0 spiro atoms. The van der Waals surface area contributed by atoms with Crippen molar-refractivity contribution in [3.05, 3.63) is 29.4 Å². The van der Waals surface area contributed by atoms with Crippen molar-refractivity contribution in [2.24, 2.45) is 5.84 Å². The molecule has 3 heterocycles. The lowest BCUT2D eigenvalue weighted by Gasteiger charge is -2.03. The van der Waals surface area contributed by atoms with Crippen LogP contribution in [0.3, 0.4) is 0 Å². The summed E-state index contributed by atoms with van der Waals surface area (Å²) in [5.41, 5.74) is 2.62. The van der Waals surface area contributed by atoms with Crippen LogP contribution in [0, 0.1) is 0 Å². The Labute approximate surface area is 113 Å². The maximum atomic E-state index is 5.54. The van der Waals surface area contributed by atoms with Crippen LogP contribution < -0.4 is 11.3 Å². The van der Waals surface area contributed by atoms with E-state index in [1.165, 1.54) is 4.88 Å². The Morgan fingerprint density at radius 2 is 2.00 bits per heavy atom. The fourth-order valence-corrected chi connectivity index (χ4v) is 2.74. The Balaban J connectivity index is 2.22. The Kier molecular flexibility index (Phi) is 3.06. The number of nitrogen functional groups attached to an aromatic ring is 1. The van der Waals surface area contributed by atoms with Gasteiger partial charge in [-0.3, -0.25) is 0 Å². The third-order valence-corrected chi connectivity index (χ3v) is 3.87. The van der Waals surface area contributed by atoms with Crippen molar-refractivity contribution in [3.8, 4) is 11.6 Å². The lowest BCUT2D eigenvalue weighted by Crippen LogP contribution is -2.10. The van der Waals surface area contributed by atoms with Gasteiger partial charge >= 0.3 is 0 Å². The van der Waals surface area contributed by atoms with E-state index in [-0.39, 0.29) is 0 Å². The Morgan fingerprint density at radius 3 is 2.68 bits per heavy atom. The first-order chi connectivity index (χ1) is 9.31. The molecule has 0 aliphatic rings. The van der Waals surface area contributed by atoms with Crippen LogP contribution in [0.25, 0.3) is 21.9 Å². The van der Waals surface area contributed by atoms with E-state index in [4.69, 9.17) is 5.84 Å². The van der Waals surface area contributed by atoms with Gasteiger partial charge in [0.1, 0.15) is 4.83 Å². The summed E-state index contributed by atoms with van der Waals surface area (Å²) in [6, 6.07) is 3.81. The van der Waals surface area contributed by atoms with E-state index >= 15 is 0 Å². The molecule has 3 rings (SSSR count). The molecule has 96 valence electrons. The third-order valence-electron chi connectivity index (χ3n) is 2.69. The van der Waals surface area contributed by atoms with Crippen molar-refractivity contribution in [1.82, 2.24) is 19.9 Å². The van der Waals surface area contributed by atoms with E-state index in [2.05, 4.69) is 38.4 Å². The average molecular weight is 272 g/mol. The number of hydrogen-bond acceptors (Lipinski definition) is 7. The normalized spacial score (nSPS) is 10.8. The van der Waals surface area contributed by atoms with Crippen LogP contribution in [0.1, 0.15) is 11.8 Å². The summed E-state index contributed by atoms with van der Waals surface area (Å²) in [6.45, 7) is 2.11. The fourth-order valence-electron chi connectivity index (χ4n) is 1.77. The van der Waals surface area contributed by atoms with E-state index in [1.54, 1.807) is 29.8 Å². The second-order valence-corrected chi connectivity index (χ2v) is 5.01. The summed E-state index contributed by atoms with van der Waals surface area (Å²) in [7, 11) is 0. The molecule has 7 heteroatoms. The second kappa shape index (κ2) is 4.87. The molecule has 0 bridgehead atoms. The fraction of sp³-hybridized carbons (Fsp3) is 0.167. The Hall–Kier alpha value is -2.12. The number of aryl methyl sites for hydroxylation is 1. The van der Waals surface area contributed by atoms with Gasteiger partial charge in [-0.05, 0) is 18.6 Å². The molecule has 3 aromatic rings. The van der Waals surface area contributed by atoms with Gasteiger partial charge in [0.15, 0.2) is 11.6 Å². The Morgan fingerprint density at radius 1 is 1.21 bits per heavy atom. The van der Waals surface area contributed by atoms with E-state index in [0.717, 1.165) is 16.6 Å². The van der Waals surface area contributed by atoms with Crippen molar-refractivity contribution in [3.63, 3.8) is 0 Å². The lowest BCUT2D eigenvalue weighted by atomic mass is 10.3. The molecule has 19 heavy (non-hydrogen) atoms. The molecule has 0 atom stereocenters. The van der Waals surface area contributed by atoms with E-state index < -0.39 is 0 Å². The molecule has 0 unspecified atom stereocenters. The number of anilines is 1. The second-order valence-electron chi connectivity index (χ2n) is 3.90. The zero-order valence-corrected chi connectivity index (χ0v) is 11.1. The maximum absolute atomic E-state index is 5.54. The summed E-state index contributed by atoms with van der Waals surface area (Å²) in [5, 5.41) is 0.934. The number of hydrazine groups is 1. The number of aromatic nitrogens is 4. The number of hydrogen-bond donors (Lipinski definition) is 2. The molecule has 0 radical (unpaired) electrons. The quantitative estimate of drug-likeness (QED) is 0.560. The van der Waals surface area contributed by atoms with Crippen LogP contribution in [-0.2, 0) is 6.42 Å². The number of rotatable bonds is 3. The van der Waals surface area contributed by atoms with Crippen molar-refractivity contribution in [2.75, 3.05) is 5.43 Å². The minimum absolute atomic E-state index is 0.477. The van der Waals surface area contributed by atoms with E-state index in [0.29, 0.717) is 17.5 Å². The van der Waals surface area contributed by atoms with Crippen molar-refractivity contribution in [1.29, 1.82) is 0 Å². The smallest absolute Gasteiger partial charge is 0.201 e. The highest BCUT2D eigenvalue weighted by molar-refractivity contribution is 7.18. The zero-order chi connectivity index (χ0) is 13.2. The first-order valence-electron chi connectivity index (χ1n) is 5.86. The van der Waals surface area contributed by atoms with Gasteiger partial charge in [0.05, 0.1) is 5.39 Å². The van der Waals surface area contributed by atoms with Crippen LogP contribution in [0.5, 0.6) is 0 Å². The van der Waals surface area contributed by atoms with Crippen LogP contribution in [0.4, 0.5) is 5.82 Å². The van der Waals surface area contributed by atoms with Gasteiger partial charge in [-0.1, -0.05) is 6.92 Å². The summed E-state index contributed by atoms with van der Waals surface area (Å²) >= 11 is 1.63. The largest absolute Gasteiger partial charge is 0.308 e. The number of nitrogens with two attached hydrogens (primary N) is 1. The van der Waals surface area contributed by atoms with Gasteiger partial charge in [0.25, 0.3) is 0 Å². The average Bonchev–Trinajstić information content (AvgIpc) is 2.90. The van der Waals surface area contributed by atoms with Crippen LogP contribution in [0.2, 0.25) is 0 Å². The Bertz CT molecular complexity index is 709. The van der Waals surface area contributed by atoms with Gasteiger partial charge in [0.2, 0.25) is 5.82 Å². The molecular weight excluding hydrogens is 260 g/mol. The standard InChI is InChI=1S/C12H12N6S/c1-2-7-6-8-9(18-13)16-11(17-12(8)19-7)10-14-4-3-5-15-10/h3-6H,2,13H2,1H3,(H,16,17,18). The van der Waals surface area contributed by atoms with Gasteiger partial charge in [-0.25, -0.2) is 25.8 Å².